The molecule has 3 N–H and O–H groups in total. The average molecular weight is 347 g/mol. The van der Waals surface area contributed by atoms with E-state index in [0.29, 0.717) is 23.2 Å². The molecular formula is C16H24Cl2N2O2. The number of halogens is 2. The van der Waals surface area contributed by atoms with Gasteiger partial charge in [0.15, 0.2) is 6.61 Å². The number of nitrogens with one attached hydrogen (secondary N) is 1. The molecule has 1 amide bonds. The molecule has 1 fully saturated rings. The Kier molecular flexibility index (Phi) is 8.61. The van der Waals surface area contributed by atoms with E-state index in [0.717, 1.165) is 12.8 Å². The van der Waals surface area contributed by atoms with Crippen LogP contribution >= 0.6 is 24.0 Å². The Hall–Kier alpha value is -0.970. The molecule has 1 unspecified atom stereocenters. The van der Waals surface area contributed by atoms with Gasteiger partial charge in [-0.15, -0.1) is 12.4 Å². The number of carbonyl (C=O) groups is 1. The van der Waals surface area contributed by atoms with Gasteiger partial charge >= 0.3 is 0 Å². The summed E-state index contributed by atoms with van der Waals surface area (Å²) in [6.07, 6.45) is 6.06. The zero-order chi connectivity index (χ0) is 15.1. The Morgan fingerprint density at radius 1 is 1.36 bits per heavy atom. The number of hydrogen-bond acceptors (Lipinski definition) is 3. The molecule has 0 radical (unpaired) electrons. The molecule has 124 valence electrons. The number of carbonyl (C=O) groups excluding carboxylic acids is 1. The fourth-order valence-electron chi connectivity index (χ4n) is 2.86. The Morgan fingerprint density at radius 2 is 2.09 bits per heavy atom. The second kappa shape index (κ2) is 9.93. The second-order valence-electron chi connectivity index (χ2n) is 5.55. The van der Waals surface area contributed by atoms with Crippen LogP contribution in [0.3, 0.4) is 0 Å². The number of ether oxygens (including phenoxy) is 1. The quantitative estimate of drug-likeness (QED) is 0.831. The first-order valence-corrected chi connectivity index (χ1v) is 7.94. The molecule has 0 aliphatic heterocycles. The largest absolute Gasteiger partial charge is 0.484 e. The number of benzene rings is 1. The van der Waals surface area contributed by atoms with Crippen molar-refractivity contribution in [3.8, 4) is 5.75 Å². The Balaban J connectivity index is 0.00000242. The Morgan fingerprint density at radius 3 is 2.73 bits per heavy atom. The van der Waals surface area contributed by atoms with Gasteiger partial charge in [0.25, 0.3) is 5.91 Å². The van der Waals surface area contributed by atoms with Crippen molar-refractivity contribution < 1.29 is 9.53 Å². The summed E-state index contributed by atoms with van der Waals surface area (Å²) in [6.45, 7) is 0.469. The van der Waals surface area contributed by atoms with Gasteiger partial charge in [-0.05, 0) is 37.0 Å². The van der Waals surface area contributed by atoms with Gasteiger partial charge in [0.05, 0.1) is 0 Å². The van der Waals surface area contributed by atoms with Crippen molar-refractivity contribution in [2.45, 2.75) is 38.1 Å². The molecule has 1 atom stereocenters. The maximum absolute atomic E-state index is 12.0. The van der Waals surface area contributed by atoms with Crippen LogP contribution in [0.4, 0.5) is 0 Å². The molecule has 0 spiro atoms. The highest BCUT2D eigenvalue weighted by Crippen LogP contribution is 2.26. The molecule has 0 bridgehead atoms. The van der Waals surface area contributed by atoms with Crippen molar-refractivity contribution in [1.82, 2.24) is 5.32 Å². The van der Waals surface area contributed by atoms with Crippen molar-refractivity contribution in [1.29, 1.82) is 0 Å². The van der Waals surface area contributed by atoms with Crippen LogP contribution < -0.4 is 15.8 Å². The molecular weight excluding hydrogens is 323 g/mol. The zero-order valence-corrected chi connectivity index (χ0v) is 14.2. The smallest absolute Gasteiger partial charge is 0.258 e. The van der Waals surface area contributed by atoms with Gasteiger partial charge in [0.2, 0.25) is 0 Å². The lowest BCUT2D eigenvalue weighted by atomic mass is 9.84. The van der Waals surface area contributed by atoms with Crippen LogP contribution in [0, 0.1) is 5.92 Å². The third-order valence-electron chi connectivity index (χ3n) is 3.99. The minimum Gasteiger partial charge on any atom is -0.484 e. The first kappa shape index (κ1) is 19.1. The van der Waals surface area contributed by atoms with E-state index >= 15 is 0 Å². The molecule has 0 saturated heterocycles. The predicted molar refractivity (Wildman–Crippen MR) is 91.8 cm³/mol. The molecule has 0 heterocycles. The highest BCUT2D eigenvalue weighted by Gasteiger charge is 2.23. The van der Waals surface area contributed by atoms with Crippen LogP contribution in [0.2, 0.25) is 5.02 Å². The highest BCUT2D eigenvalue weighted by atomic mass is 35.5. The number of hydrogen-bond donors (Lipinski definition) is 2. The summed E-state index contributed by atoms with van der Waals surface area (Å²) in [4.78, 5) is 12.0. The van der Waals surface area contributed by atoms with Crippen LogP contribution in [0.15, 0.2) is 24.3 Å². The maximum atomic E-state index is 12.0. The van der Waals surface area contributed by atoms with Crippen LogP contribution in [0.5, 0.6) is 5.75 Å². The van der Waals surface area contributed by atoms with E-state index in [1.807, 2.05) is 0 Å². The molecule has 1 aliphatic carbocycles. The Bertz CT molecular complexity index is 465. The van der Waals surface area contributed by atoms with Gasteiger partial charge < -0.3 is 15.8 Å². The van der Waals surface area contributed by atoms with Crippen molar-refractivity contribution in [3.63, 3.8) is 0 Å². The fraction of sp³-hybridized carbons (Fsp3) is 0.562. The van der Waals surface area contributed by atoms with Gasteiger partial charge in [-0.25, -0.2) is 0 Å². The summed E-state index contributed by atoms with van der Waals surface area (Å²) in [6, 6.07) is 7.08. The molecule has 2 rings (SSSR count). The molecule has 1 saturated carbocycles. The molecule has 6 heteroatoms. The van der Waals surface area contributed by atoms with Crippen molar-refractivity contribution >= 4 is 29.9 Å². The predicted octanol–water partition coefficient (Wildman–Crippen LogP) is 3.16. The summed E-state index contributed by atoms with van der Waals surface area (Å²) in [5.41, 5.74) is 5.81. The average Bonchev–Trinajstić information content (AvgIpc) is 2.51. The maximum Gasteiger partial charge on any atom is 0.258 e. The molecule has 22 heavy (non-hydrogen) atoms. The lowest BCUT2D eigenvalue weighted by Gasteiger charge is -2.30. The highest BCUT2D eigenvalue weighted by molar-refractivity contribution is 6.30. The summed E-state index contributed by atoms with van der Waals surface area (Å²) >= 11 is 5.87. The van der Waals surface area contributed by atoms with Crippen molar-refractivity contribution in [2.24, 2.45) is 11.7 Å². The van der Waals surface area contributed by atoms with Crippen LogP contribution in [0.1, 0.15) is 32.1 Å². The monoisotopic (exact) mass is 346 g/mol. The topological polar surface area (TPSA) is 64.3 Å². The van der Waals surface area contributed by atoms with Gasteiger partial charge in [0, 0.05) is 17.6 Å². The normalized spacial score (nSPS) is 16.5. The van der Waals surface area contributed by atoms with Gasteiger partial charge in [-0.2, -0.15) is 0 Å². The van der Waals surface area contributed by atoms with E-state index in [9.17, 15) is 4.79 Å². The molecule has 1 aliphatic rings. The minimum absolute atomic E-state index is 0. The summed E-state index contributed by atoms with van der Waals surface area (Å²) in [5, 5.41) is 3.59. The van der Waals surface area contributed by atoms with E-state index in [1.54, 1.807) is 24.3 Å². The molecule has 1 aromatic rings. The third-order valence-corrected chi connectivity index (χ3v) is 4.22. The minimum atomic E-state index is -0.129. The third kappa shape index (κ3) is 6.03. The number of amides is 1. The van der Waals surface area contributed by atoms with E-state index in [-0.39, 0.29) is 31.0 Å². The van der Waals surface area contributed by atoms with Crippen molar-refractivity contribution in [3.05, 3.63) is 29.3 Å². The zero-order valence-electron chi connectivity index (χ0n) is 12.6. The SMILES string of the molecule is Cl.NCC(NC(=O)COc1cccc(Cl)c1)C1CCCCC1. The van der Waals surface area contributed by atoms with E-state index < -0.39 is 0 Å². The molecule has 4 nitrogen and oxygen atoms in total. The molecule has 0 aromatic heterocycles. The first-order chi connectivity index (χ1) is 10.2. The van der Waals surface area contributed by atoms with Crippen molar-refractivity contribution in [2.75, 3.05) is 13.2 Å². The molecule has 1 aromatic carbocycles. The lowest BCUT2D eigenvalue weighted by molar-refractivity contribution is -0.124. The summed E-state index contributed by atoms with van der Waals surface area (Å²) in [7, 11) is 0. The van der Waals surface area contributed by atoms with Gasteiger partial charge in [-0.1, -0.05) is 36.9 Å². The van der Waals surface area contributed by atoms with E-state index in [2.05, 4.69) is 5.32 Å². The van der Waals surface area contributed by atoms with Crippen LogP contribution in [-0.4, -0.2) is 25.1 Å². The summed E-state index contributed by atoms with van der Waals surface area (Å²) < 4.78 is 5.44. The van der Waals surface area contributed by atoms with E-state index in [4.69, 9.17) is 22.1 Å². The number of nitrogens with two attached hydrogens (primary N) is 1. The summed E-state index contributed by atoms with van der Waals surface area (Å²) in [5.74, 6) is 0.967. The number of rotatable bonds is 6. The first-order valence-electron chi connectivity index (χ1n) is 7.57. The standard InChI is InChI=1S/C16H23ClN2O2.ClH/c17-13-7-4-8-14(9-13)21-11-16(20)19-15(10-18)12-5-2-1-3-6-12;/h4,7-9,12,15H,1-3,5-6,10-11,18H2,(H,19,20);1H. The van der Waals surface area contributed by atoms with Crippen LogP contribution in [0.25, 0.3) is 0 Å². The second-order valence-corrected chi connectivity index (χ2v) is 5.99. The fourth-order valence-corrected chi connectivity index (χ4v) is 3.04. The van der Waals surface area contributed by atoms with E-state index in [1.165, 1.54) is 19.3 Å². The van der Waals surface area contributed by atoms with Crippen LogP contribution in [-0.2, 0) is 4.79 Å². The van der Waals surface area contributed by atoms with Gasteiger partial charge in [-0.3, -0.25) is 4.79 Å². The van der Waals surface area contributed by atoms with Gasteiger partial charge in [0.1, 0.15) is 5.75 Å². The Labute approximate surface area is 143 Å². The lowest BCUT2D eigenvalue weighted by Crippen LogP contribution is -2.47.